The fourth-order valence-corrected chi connectivity index (χ4v) is 3.53. The van der Waals surface area contributed by atoms with Crippen LogP contribution in [-0.4, -0.2) is 42.5 Å². The SMILES string of the molecule is COC(=O)[C@@H](N=Cc1ccc(-c2cccs2)s1)[C@](C)(O)C(F)F. The number of alkyl halides is 2. The van der Waals surface area contributed by atoms with Crippen molar-refractivity contribution >= 4 is 34.9 Å². The number of hydrogen-bond donors (Lipinski definition) is 1. The Balaban J connectivity index is 2.22. The first kappa shape index (κ1) is 17.7. The third-order valence-electron chi connectivity index (χ3n) is 3.16. The van der Waals surface area contributed by atoms with Crippen molar-refractivity contribution in [3.63, 3.8) is 0 Å². The lowest BCUT2D eigenvalue weighted by atomic mass is 9.97. The Hall–Kier alpha value is -1.64. The molecule has 0 saturated carbocycles. The molecule has 124 valence electrons. The van der Waals surface area contributed by atoms with Gasteiger partial charge in [0.05, 0.1) is 7.11 Å². The van der Waals surface area contributed by atoms with E-state index in [9.17, 15) is 18.7 Å². The number of carbonyl (C=O) groups excluding carboxylic acids is 1. The average molecular weight is 359 g/mol. The van der Waals surface area contributed by atoms with Crippen molar-refractivity contribution < 1.29 is 23.4 Å². The molecule has 0 aliphatic carbocycles. The van der Waals surface area contributed by atoms with Crippen molar-refractivity contribution in [3.05, 3.63) is 34.5 Å². The molecule has 0 aliphatic heterocycles. The molecule has 0 aliphatic rings. The zero-order chi connectivity index (χ0) is 17.0. The molecule has 1 N–H and O–H groups in total. The largest absolute Gasteiger partial charge is 0.467 e. The Morgan fingerprint density at radius 3 is 2.70 bits per heavy atom. The van der Waals surface area contributed by atoms with E-state index in [1.165, 1.54) is 17.6 Å². The number of halogens is 2. The van der Waals surface area contributed by atoms with Crippen molar-refractivity contribution in [2.24, 2.45) is 4.99 Å². The molecule has 0 radical (unpaired) electrons. The summed E-state index contributed by atoms with van der Waals surface area (Å²) in [5.74, 6) is -1.01. The Bertz CT molecular complexity index is 681. The number of methoxy groups -OCH3 is 1. The molecule has 0 unspecified atom stereocenters. The van der Waals surface area contributed by atoms with Crippen LogP contribution >= 0.6 is 22.7 Å². The van der Waals surface area contributed by atoms with E-state index >= 15 is 0 Å². The maximum Gasteiger partial charge on any atom is 0.333 e. The van der Waals surface area contributed by atoms with Crippen LogP contribution in [0.4, 0.5) is 8.78 Å². The van der Waals surface area contributed by atoms with Crippen LogP contribution in [0, 0.1) is 0 Å². The first-order valence-corrected chi connectivity index (χ1v) is 8.31. The summed E-state index contributed by atoms with van der Waals surface area (Å²) in [6, 6.07) is 5.86. The molecule has 2 aromatic rings. The minimum Gasteiger partial charge on any atom is -0.467 e. The standard InChI is InChI=1S/C15H15F2NO3S2/c1-15(20,14(16)17)12(13(19)21-2)18-8-9-5-6-11(23-9)10-4-3-7-22-10/h3-8,12,14,20H,1-2H3/t12-,15+/m1/s1. The maximum atomic E-state index is 12.9. The number of thiophene rings is 2. The van der Waals surface area contributed by atoms with Crippen LogP contribution in [0.5, 0.6) is 0 Å². The van der Waals surface area contributed by atoms with Crippen LogP contribution < -0.4 is 0 Å². The molecule has 0 saturated heterocycles. The summed E-state index contributed by atoms with van der Waals surface area (Å²) in [5.41, 5.74) is -2.60. The summed E-state index contributed by atoms with van der Waals surface area (Å²) >= 11 is 2.99. The zero-order valence-corrected chi connectivity index (χ0v) is 14.0. The van der Waals surface area contributed by atoms with Gasteiger partial charge in [0.25, 0.3) is 6.43 Å². The fraction of sp³-hybridized carbons (Fsp3) is 0.333. The zero-order valence-electron chi connectivity index (χ0n) is 12.4. The quantitative estimate of drug-likeness (QED) is 0.635. The molecule has 23 heavy (non-hydrogen) atoms. The lowest BCUT2D eigenvalue weighted by molar-refractivity contribution is -0.158. The van der Waals surface area contributed by atoms with Crippen LogP contribution in [0.25, 0.3) is 9.75 Å². The van der Waals surface area contributed by atoms with E-state index in [0.29, 0.717) is 4.88 Å². The number of hydrogen-bond acceptors (Lipinski definition) is 6. The monoisotopic (exact) mass is 359 g/mol. The summed E-state index contributed by atoms with van der Waals surface area (Å²) in [7, 11) is 1.06. The second-order valence-corrected chi connectivity index (χ2v) is 6.97. The maximum absolute atomic E-state index is 12.9. The summed E-state index contributed by atoms with van der Waals surface area (Å²) < 4.78 is 30.4. The number of aliphatic imine (C=N–C) groups is 1. The number of nitrogens with zero attached hydrogens (tertiary/aromatic N) is 1. The van der Waals surface area contributed by atoms with Crippen molar-refractivity contribution in [3.8, 4) is 9.75 Å². The molecule has 0 bridgehead atoms. The van der Waals surface area contributed by atoms with Gasteiger partial charge in [-0.3, -0.25) is 4.99 Å². The van der Waals surface area contributed by atoms with Crippen molar-refractivity contribution in [1.82, 2.24) is 0 Å². The summed E-state index contributed by atoms with van der Waals surface area (Å²) in [6.07, 6.45) is -1.83. The molecule has 0 amide bonds. The molecular formula is C15H15F2NO3S2. The second kappa shape index (κ2) is 7.29. The topological polar surface area (TPSA) is 58.9 Å². The van der Waals surface area contributed by atoms with Gasteiger partial charge in [-0.15, -0.1) is 22.7 Å². The molecule has 0 spiro atoms. The second-order valence-electron chi connectivity index (χ2n) is 4.91. The molecule has 0 aromatic carbocycles. The summed E-state index contributed by atoms with van der Waals surface area (Å²) in [6.45, 7) is 0.863. The fourth-order valence-electron chi connectivity index (χ4n) is 1.80. The van der Waals surface area contributed by atoms with Gasteiger partial charge >= 0.3 is 5.97 Å². The average Bonchev–Trinajstić information content (AvgIpc) is 3.17. The predicted octanol–water partition coefficient (Wildman–Crippen LogP) is 3.45. The highest BCUT2D eigenvalue weighted by Gasteiger charge is 2.45. The van der Waals surface area contributed by atoms with Crippen LogP contribution in [0.2, 0.25) is 0 Å². The Labute approximate surface area is 140 Å². The first-order valence-electron chi connectivity index (χ1n) is 6.61. The number of ether oxygens (including phenoxy) is 1. The first-order chi connectivity index (χ1) is 10.9. The van der Waals surface area contributed by atoms with Crippen LogP contribution in [0.1, 0.15) is 11.8 Å². The van der Waals surface area contributed by atoms with Gasteiger partial charge in [-0.2, -0.15) is 0 Å². The lowest BCUT2D eigenvalue weighted by Crippen LogP contribution is -2.49. The summed E-state index contributed by atoms with van der Waals surface area (Å²) in [5, 5.41) is 11.8. The highest BCUT2D eigenvalue weighted by Crippen LogP contribution is 2.31. The Kier molecular flexibility index (Phi) is 5.61. The van der Waals surface area contributed by atoms with E-state index in [4.69, 9.17) is 0 Å². The van der Waals surface area contributed by atoms with Gasteiger partial charge in [0, 0.05) is 20.8 Å². The smallest absolute Gasteiger partial charge is 0.333 e. The number of carbonyl (C=O) groups is 1. The van der Waals surface area contributed by atoms with Crippen LogP contribution in [0.15, 0.2) is 34.6 Å². The third-order valence-corrected chi connectivity index (χ3v) is 5.25. The number of aliphatic hydroxyl groups is 1. The molecule has 8 heteroatoms. The van der Waals surface area contributed by atoms with E-state index in [1.54, 1.807) is 17.4 Å². The molecule has 2 atom stereocenters. The minimum absolute atomic E-state index is 0.687. The Morgan fingerprint density at radius 1 is 1.39 bits per heavy atom. The van der Waals surface area contributed by atoms with Gasteiger partial charge in [0.15, 0.2) is 11.6 Å². The highest BCUT2D eigenvalue weighted by atomic mass is 32.1. The van der Waals surface area contributed by atoms with Crippen molar-refractivity contribution in [2.75, 3.05) is 7.11 Å². The van der Waals surface area contributed by atoms with Crippen molar-refractivity contribution in [2.45, 2.75) is 25.0 Å². The van der Waals surface area contributed by atoms with Gasteiger partial charge in [0.2, 0.25) is 0 Å². The Morgan fingerprint density at radius 2 is 2.13 bits per heavy atom. The van der Waals surface area contributed by atoms with E-state index in [2.05, 4.69) is 9.73 Å². The van der Waals surface area contributed by atoms with E-state index in [1.807, 2.05) is 23.6 Å². The normalized spacial score (nSPS) is 15.7. The highest BCUT2D eigenvalue weighted by molar-refractivity contribution is 7.22. The number of rotatable bonds is 6. The van der Waals surface area contributed by atoms with E-state index in [-0.39, 0.29) is 0 Å². The molecule has 4 nitrogen and oxygen atoms in total. The minimum atomic E-state index is -3.13. The van der Waals surface area contributed by atoms with E-state index < -0.39 is 24.0 Å². The number of esters is 1. The van der Waals surface area contributed by atoms with Crippen LogP contribution in [-0.2, 0) is 9.53 Å². The van der Waals surface area contributed by atoms with Gasteiger partial charge in [-0.1, -0.05) is 6.07 Å². The lowest BCUT2D eigenvalue weighted by Gasteiger charge is -2.27. The predicted molar refractivity (Wildman–Crippen MR) is 87.7 cm³/mol. The van der Waals surface area contributed by atoms with Gasteiger partial charge in [-0.25, -0.2) is 13.6 Å². The van der Waals surface area contributed by atoms with Crippen LogP contribution in [0.3, 0.4) is 0 Å². The molecular weight excluding hydrogens is 344 g/mol. The van der Waals surface area contributed by atoms with Gasteiger partial charge in [0.1, 0.15) is 0 Å². The van der Waals surface area contributed by atoms with Gasteiger partial charge in [-0.05, 0) is 30.5 Å². The molecule has 2 rings (SSSR count). The molecule has 2 aromatic heterocycles. The van der Waals surface area contributed by atoms with Crippen molar-refractivity contribution in [1.29, 1.82) is 0 Å². The molecule has 0 fully saturated rings. The van der Waals surface area contributed by atoms with Gasteiger partial charge < -0.3 is 9.84 Å². The third kappa shape index (κ3) is 4.01. The van der Waals surface area contributed by atoms with E-state index in [0.717, 1.165) is 23.8 Å². The summed E-state index contributed by atoms with van der Waals surface area (Å²) in [4.78, 5) is 18.3. The molecule has 2 heterocycles.